The Bertz CT molecular complexity index is 1050. The summed E-state index contributed by atoms with van der Waals surface area (Å²) in [6, 6.07) is 8.15. The molecular formula is C25H36IN5O2. The number of benzene rings is 1. The summed E-state index contributed by atoms with van der Waals surface area (Å²) in [5.74, 6) is 4.16. The van der Waals surface area contributed by atoms with Gasteiger partial charge in [-0.1, -0.05) is 18.2 Å². The lowest BCUT2D eigenvalue weighted by Crippen LogP contribution is -2.42. The number of aliphatic imine (C=N–C) groups is 1. The Morgan fingerprint density at radius 3 is 2.55 bits per heavy atom. The third-order valence-electron chi connectivity index (χ3n) is 6.36. The number of aryl methyl sites for hydroxylation is 3. The van der Waals surface area contributed by atoms with Crippen LogP contribution in [0.2, 0.25) is 0 Å². The maximum atomic E-state index is 6.01. The van der Waals surface area contributed by atoms with Crippen LogP contribution in [0.25, 0.3) is 11.0 Å². The largest absolute Gasteiger partial charge is 0.459 e. The van der Waals surface area contributed by atoms with Gasteiger partial charge in [0, 0.05) is 24.0 Å². The van der Waals surface area contributed by atoms with Gasteiger partial charge in [0.2, 0.25) is 5.89 Å². The van der Waals surface area contributed by atoms with Gasteiger partial charge in [-0.15, -0.1) is 24.0 Å². The number of likely N-dealkylation sites (tertiary alicyclic amines) is 1. The molecule has 0 unspecified atom stereocenters. The fourth-order valence-corrected chi connectivity index (χ4v) is 4.26. The molecule has 3 aromatic rings. The zero-order chi connectivity index (χ0) is 22.5. The minimum absolute atomic E-state index is 0. The molecule has 3 heterocycles. The highest BCUT2D eigenvalue weighted by Gasteiger charge is 2.21. The summed E-state index contributed by atoms with van der Waals surface area (Å²) in [7, 11) is 0. The van der Waals surface area contributed by atoms with E-state index in [1.165, 1.54) is 5.56 Å². The number of nitrogens with zero attached hydrogens (tertiary/aromatic N) is 3. The number of aromatic nitrogens is 1. The molecule has 0 amide bonds. The summed E-state index contributed by atoms with van der Waals surface area (Å²) in [5, 5.41) is 8.06. The Morgan fingerprint density at radius 1 is 1.12 bits per heavy atom. The zero-order valence-electron chi connectivity index (χ0n) is 20.1. The molecule has 0 saturated carbocycles. The van der Waals surface area contributed by atoms with Crippen LogP contribution in [-0.4, -0.2) is 42.0 Å². The topological polar surface area (TPSA) is 78.8 Å². The molecular weight excluding hydrogens is 529 g/mol. The number of nitrogens with one attached hydrogen (secondary N) is 2. The second-order valence-corrected chi connectivity index (χ2v) is 8.69. The molecule has 2 N–H and O–H groups in total. The third-order valence-corrected chi connectivity index (χ3v) is 6.36. The van der Waals surface area contributed by atoms with Crippen LogP contribution in [0.5, 0.6) is 0 Å². The maximum absolute atomic E-state index is 6.01. The van der Waals surface area contributed by atoms with Gasteiger partial charge in [-0.25, -0.2) is 9.98 Å². The summed E-state index contributed by atoms with van der Waals surface area (Å²) >= 11 is 0. The number of para-hydroxylation sites is 1. The normalized spacial score (nSPS) is 15.6. The fraction of sp³-hybridized carbons (Fsp3) is 0.520. The van der Waals surface area contributed by atoms with Crippen LogP contribution in [0.1, 0.15) is 48.4 Å². The van der Waals surface area contributed by atoms with Gasteiger partial charge >= 0.3 is 0 Å². The highest BCUT2D eigenvalue weighted by Crippen LogP contribution is 2.25. The molecule has 4 rings (SSSR count). The van der Waals surface area contributed by atoms with Gasteiger partial charge in [-0.2, -0.15) is 0 Å². The lowest BCUT2D eigenvalue weighted by molar-refractivity contribution is 0.164. The SMILES string of the molecule is CCNC(=NCc1oc2ccccc2c1C)NCC1CCN(Cc2nc(C)c(C)o2)CC1.I. The van der Waals surface area contributed by atoms with Crippen LogP contribution in [0.4, 0.5) is 0 Å². The van der Waals surface area contributed by atoms with Gasteiger partial charge < -0.3 is 19.5 Å². The highest BCUT2D eigenvalue weighted by atomic mass is 127. The monoisotopic (exact) mass is 565 g/mol. The first kappa shape index (κ1) is 25.6. The van der Waals surface area contributed by atoms with Crippen molar-refractivity contribution in [2.45, 2.75) is 53.6 Å². The number of piperidine rings is 1. The fourth-order valence-electron chi connectivity index (χ4n) is 4.26. The van der Waals surface area contributed by atoms with Crippen LogP contribution in [-0.2, 0) is 13.1 Å². The quantitative estimate of drug-likeness (QED) is 0.240. The van der Waals surface area contributed by atoms with Crippen LogP contribution in [0.3, 0.4) is 0 Å². The Labute approximate surface area is 213 Å². The Morgan fingerprint density at radius 2 is 1.88 bits per heavy atom. The molecule has 1 aliphatic rings. The molecule has 1 aliphatic heterocycles. The Hall–Kier alpha value is -2.07. The first-order chi connectivity index (χ1) is 15.5. The summed E-state index contributed by atoms with van der Waals surface area (Å²) < 4.78 is 11.8. The van der Waals surface area contributed by atoms with Crippen LogP contribution in [0.15, 0.2) is 38.1 Å². The van der Waals surface area contributed by atoms with Crippen molar-refractivity contribution >= 4 is 40.9 Å². The summed E-state index contributed by atoms with van der Waals surface area (Å²) in [6.45, 7) is 13.4. The van der Waals surface area contributed by atoms with Crippen molar-refractivity contribution in [2.24, 2.45) is 10.9 Å². The van der Waals surface area contributed by atoms with Crippen molar-refractivity contribution in [1.29, 1.82) is 0 Å². The van der Waals surface area contributed by atoms with E-state index in [1.807, 2.05) is 32.0 Å². The predicted molar refractivity (Wildman–Crippen MR) is 143 cm³/mol. The molecule has 0 radical (unpaired) electrons. The van der Waals surface area contributed by atoms with Crippen molar-refractivity contribution in [2.75, 3.05) is 26.2 Å². The van der Waals surface area contributed by atoms with Crippen molar-refractivity contribution in [1.82, 2.24) is 20.5 Å². The molecule has 7 nitrogen and oxygen atoms in total. The highest BCUT2D eigenvalue weighted by molar-refractivity contribution is 14.0. The summed E-state index contributed by atoms with van der Waals surface area (Å²) in [4.78, 5) is 11.7. The number of rotatable bonds is 7. The molecule has 1 saturated heterocycles. The number of oxazole rings is 1. The van der Waals surface area contributed by atoms with E-state index in [4.69, 9.17) is 13.8 Å². The number of guanidine groups is 1. The molecule has 0 bridgehead atoms. The van der Waals surface area contributed by atoms with Crippen molar-refractivity contribution in [3.05, 3.63) is 52.9 Å². The molecule has 0 atom stereocenters. The zero-order valence-corrected chi connectivity index (χ0v) is 22.4. The van der Waals surface area contributed by atoms with E-state index < -0.39 is 0 Å². The minimum Gasteiger partial charge on any atom is -0.459 e. The van der Waals surface area contributed by atoms with Crippen LogP contribution < -0.4 is 10.6 Å². The van der Waals surface area contributed by atoms with Crippen molar-refractivity contribution in [3.63, 3.8) is 0 Å². The molecule has 1 fully saturated rings. The van der Waals surface area contributed by atoms with Gasteiger partial charge in [0.1, 0.15) is 23.6 Å². The van der Waals surface area contributed by atoms with E-state index in [9.17, 15) is 0 Å². The Balaban J connectivity index is 0.00000306. The van der Waals surface area contributed by atoms with Gasteiger partial charge in [0.25, 0.3) is 0 Å². The van der Waals surface area contributed by atoms with Crippen LogP contribution in [0, 0.1) is 26.7 Å². The van der Waals surface area contributed by atoms with Crippen molar-refractivity contribution < 1.29 is 8.83 Å². The molecule has 8 heteroatoms. The van der Waals surface area contributed by atoms with Gasteiger partial charge in [-0.3, -0.25) is 4.90 Å². The number of hydrogen-bond donors (Lipinski definition) is 2. The lowest BCUT2D eigenvalue weighted by atomic mass is 9.97. The molecule has 33 heavy (non-hydrogen) atoms. The van der Waals surface area contributed by atoms with Gasteiger partial charge in [-0.05, 0) is 65.6 Å². The second-order valence-electron chi connectivity index (χ2n) is 8.69. The van der Waals surface area contributed by atoms with Crippen molar-refractivity contribution in [3.8, 4) is 0 Å². The molecule has 0 spiro atoms. The standard InChI is InChI=1S/C25H35N5O2.HI/c1-5-26-25(28-15-23-17(2)21-8-6-7-9-22(21)32-23)27-14-20-10-12-30(13-11-20)16-24-29-18(3)19(4)31-24;/h6-9,20H,5,10-16H2,1-4H3,(H2,26,27,28);1H. The summed E-state index contributed by atoms with van der Waals surface area (Å²) in [6.07, 6.45) is 2.32. The summed E-state index contributed by atoms with van der Waals surface area (Å²) in [5.41, 5.74) is 3.09. The van der Waals surface area contributed by atoms with E-state index in [0.717, 1.165) is 85.6 Å². The van der Waals surface area contributed by atoms with E-state index in [-0.39, 0.29) is 24.0 Å². The van der Waals surface area contributed by atoms with Gasteiger partial charge in [0.15, 0.2) is 5.96 Å². The Kier molecular flexibility index (Phi) is 9.19. The maximum Gasteiger partial charge on any atom is 0.208 e. The van der Waals surface area contributed by atoms with E-state index in [2.05, 4.69) is 40.4 Å². The first-order valence-corrected chi connectivity index (χ1v) is 11.7. The second kappa shape index (κ2) is 11.9. The number of furan rings is 1. The molecule has 0 aliphatic carbocycles. The van der Waals surface area contributed by atoms with E-state index in [0.29, 0.717) is 12.5 Å². The number of hydrogen-bond acceptors (Lipinski definition) is 5. The third kappa shape index (κ3) is 6.50. The molecule has 2 aromatic heterocycles. The number of halogens is 1. The van der Waals surface area contributed by atoms with E-state index in [1.54, 1.807) is 0 Å². The van der Waals surface area contributed by atoms with Crippen LogP contribution >= 0.6 is 24.0 Å². The molecule has 180 valence electrons. The smallest absolute Gasteiger partial charge is 0.208 e. The minimum atomic E-state index is 0. The first-order valence-electron chi connectivity index (χ1n) is 11.7. The average Bonchev–Trinajstić information content (AvgIpc) is 3.29. The van der Waals surface area contributed by atoms with E-state index >= 15 is 0 Å². The molecule has 1 aromatic carbocycles. The van der Waals surface area contributed by atoms with Gasteiger partial charge in [0.05, 0.1) is 12.2 Å². The predicted octanol–water partition coefficient (Wildman–Crippen LogP) is 4.93. The lowest BCUT2D eigenvalue weighted by Gasteiger charge is -2.31. The number of fused-ring (bicyclic) bond motifs is 1. The average molecular weight is 566 g/mol.